The van der Waals surface area contributed by atoms with Crippen LogP contribution in [0.25, 0.3) is 0 Å². The molecule has 9 heteroatoms. The molecule has 0 aliphatic rings. The summed E-state index contributed by atoms with van der Waals surface area (Å²) in [6.45, 7) is 0. The van der Waals surface area contributed by atoms with E-state index in [4.69, 9.17) is 16.3 Å². The summed E-state index contributed by atoms with van der Waals surface area (Å²) in [4.78, 5) is 25.6. The summed E-state index contributed by atoms with van der Waals surface area (Å²) in [6.07, 6.45) is 0. The minimum absolute atomic E-state index is 0.0685. The molecule has 0 aromatic heterocycles. The first-order valence-electron chi connectivity index (χ1n) is 10.7. The van der Waals surface area contributed by atoms with Gasteiger partial charge in [0.25, 0.3) is 15.9 Å². The molecule has 0 heterocycles. The molecule has 0 aliphatic carbocycles. The van der Waals surface area contributed by atoms with E-state index in [2.05, 4.69) is 10.0 Å². The fourth-order valence-electron chi connectivity index (χ4n) is 3.48. The molecule has 0 fully saturated rings. The van der Waals surface area contributed by atoms with Crippen molar-refractivity contribution in [2.75, 3.05) is 17.1 Å². The van der Waals surface area contributed by atoms with Crippen LogP contribution in [0.5, 0.6) is 5.75 Å². The van der Waals surface area contributed by atoms with Gasteiger partial charge in [0, 0.05) is 21.7 Å². The zero-order valence-corrected chi connectivity index (χ0v) is 20.6. The third kappa shape index (κ3) is 5.56. The summed E-state index contributed by atoms with van der Waals surface area (Å²) in [6, 6.07) is 25.3. The first kappa shape index (κ1) is 25.0. The summed E-state index contributed by atoms with van der Waals surface area (Å²) in [5.41, 5.74) is 1.12. The number of hydrogen-bond donors (Lipinski definition) is 2. The van der Waals surface area contributed by atoms with Crippen molar-refractivity contribution in [2.24, 2.45) is 0 Å². The summed E-state index contributed by atoms with van der Waals surface area (Å²) in [5, 5.41) is 2.97. The Labute approximate surface area is 213 Å². The standard InChI is InChI=1S/C27H21ClN2O5S/c1-35-25-15-13-21(17-24(25)29-27(32)19-10-6-3-7-11-19)36(33,34)30-23-14-12-20(28)16-22(23)26(31)18-8-4-2-5-9-18/h2-17,30H,1H3,(H,29,32). The zero-order chi connectivity index (χ0) is 25.7. The minimum Gasteiger partial charge on any atom is -0.495 e. The van der Waals surface area contributed by atoms with Gasteiger partial charge in [0.05, 0.1) is 23.4 Å². The van der Waals surface area contributed by atoms with E-state index in [1.807, 2.05) is 0 Å². The van der Waals surface area contributed by atoms with Gasteiger partial charge in [-0.3, -0.25) is 14.3 Å². The number of sulfonamides is 1. The van der Waals surface area contributed by atoms with Crippen LogP contribution in [0, 0.1) is 0 Å². The van der Waals surface area contributed by atoms with Gasteiger partial charge in [-0.2, -0.15) is 0 Å². The van der Waals surface area contributed by atoms with E-state index >= 15 is 0 Å². The lowest BCUT2D eigenvalue weighted by Crippen LogP contribution is -2.17. The molecule has 0 spiro atoms. The molecule has 7 nitrogen and oxygen atoms in total. The number of amides is 1. The Balaban J connectivity index is 1.67. The highest BCUT2D eigenvalue weighted by molar-refractivity contribution is 7.92. The highest BCUT2D eigenvalue weighted by Gasteiger charge is 2.22. The van der Waals surface area contributed by atoms with Crippen LogP contribution in [0.1, 0.15) is 26.3 Å². The average molecular weight is 521 g/mol. The lowest BCUT2D eigenvalue weighted by molar-refractivity contribution is 0.102. The van der Waals surface area contributed by atoms with E-state index in [1.165, 1.54) is 43.5 Å². The number of benzene rings is 4. The molecule has 0 saturated carbocycles. The topological polar surface area (TPSA) is 102 Å². The minimum atomic E-state index is -4.16. The highest BCUT2D eigenvalue weighted by Crippen LogP contribution is 2.30. The Hall–Kier alpha value is -4.14. The predicted molar refractivity (Wildman–Crippen MR) is 140 cm³/mol. The maximum atomic E-state index is 13.3. The molecule has 0 radical (unpaired) electrons. The first-order valence-corrected chi connectivity index (χ1v) is 12.6. The predicted octanol–water partition coefficient (Wildman–Crippen LogP) is 5.63. The molecule has 4 aromatic carbocycles. The van der Waals surface area contributed by atoms with Crippen LogP contribution in [0.15, 0.2) is 102 Å². The molecule has 182 valence electrons. The normalized spacial score (nSPS) is 10.9. The molecule has 0 aliphatic heterocycles. The molecule has 4 rings (SSSR count). The highest BCUT2D eigenvalue weighted by atomic mass is 35.5. The van der Waals surface area contributed by atoms with Gasteiger partial charge >= 0.3 is 0 Å². The number of ether oxygens (including phenoxy) is 1. The summed E-state index contributed by atoms with van der Waals surface area (Å²) < 4.78 is 34.4. The van der Waals surface area contributed by atoms with E-state index in [0.29, 0.717) is 11.1 Å². The largest absolute Gasteiger partial charge is 0.495 e. The molecule has 0 atom stereocenters. The smallest absolute Gasteiger partial charge is 0.261 e. The van der Waals surface area contributed by atoms with Gasteiger partial charge in [0.2, 0.25) is 0 Å². The van der Waals surface area contributed by atoms with Gasteiger partial charge in [-0.1, -0.05) is 60.1 Å². The number of carbonyl (C=O) groups excluding carboxylic acids is 2. The van der Waals surface area contributed by atoms with Crippen molar-refractivity contribution < 1.29 is 22.7 Å². The van der Waals surface area contributed by atoms with Crippen LogP contribution in [-0.2, 0) is 10.0 Å². The number of carbonyl (C=O) groups is 2. The average Bonchev–Trinajstić information content (AvgIpc) is 2.90. The number of halogens is 1. The lowest BCUT2D eigenvalue weighted by Gasteiger charge is -2.15. The van der Waals surface area contributed by atoms with E-state index in [9.17, 15) is 18.0 Å². The van der Waals surface area contributed by atoms with Crippen LogP contribution in [0.4, 0.5) is 11.4 Å². The maximum absolute atomic E-state index is 13.3. The molecule has 0 unspecified atom stereocenters. The Morgan fingerprint density at radius 2 is 1.42 bits per heavy atom. The van der Waals surface area contributed by atoms with Gasteiger partial charge in [0.15, 0.2) is 5.78 Å². The molecule has 36 heavy (non-hydrogen) atoms. The quantitative estimate of drug-likeness (QED) is 0.293. The molecular weight excluding hydrogens is 500 g/mol. The number of nitrogens with one attached hydrogen (secondary N) is 2. The van der Waals surface area contributed by atoms with Gasteiger partial charge in [-0.15, -0.1) is 0 Å². The maximum Gasteiger partial charge on any atom is 0.261 e. The van der Waals surface area contributed by atoms with E-state index in [-0.39, 0.29) is 38.4 Å². The lowest BCUT2D eigenvalue weighted by atomic mass is 10.0. The SMILES string of the molecule is COc1ccc(S(=O)(=O)Nc2ccc(Cl)cc2C(=O)c2ccccc2)cc1NC(=O)c1ccccc1. The van der Waals surface area contributed by atoms with Crippen LogP contribution in [0.2, 0.25) is 5.02 Å². The summed E-state index contributed by atoms with van der Waals surface area (Å²) in [7, 11) is -2.75. The van der Waals surface area contributed by atoms with E-state index < -0.39 is 15.9 Å². The molecule has 0 saturated heterocycles. The first-order chi connectivity index (χ1) is 17.3. The van der Waals surface area contributed by atoms with Crippen LogP contribution in [-0.4, -0.2) is 27.2 Å². The Kier molecular flexibility index (Phi) is 7.38. The zero-order valence-electron chi connectivity index (χ0n) is 19.1. The van der Waals surface area contributed by atoms with E-state index in [0.717, 1.165) is 0 Å². The van der Waals surface area contributed by atoms with Crippen molar-refractivity contribution in [1.29, 1.82) is 0 Å². The molecule has 2 N–H and O–H groups in total. The third-order valence-electron chi connectivity index (χ3n) is 5.27. The van der Waals surface area contributed by atoms with Crippen LogP contribution < -0.4 is 14.8 Å². The van der Waals surface area contributed by atoms with Crippen molar-refractivity contribution in [3.8, 4) is 5.75 Å². The van der Waals surface area contributed by atoms with Gasteiger partial charge < -0.3 is 10.1 Å². The number of rotatable bonds is 8. The Morgan fingerprint density at radius 1 is 0.778 bits per heavy atom. The third-order valence-corrected chi connectivity index (χ3v) is 6.87. The van der Waals surface area contributed by atoms with Gasteiger partial charge in [-0.25, -0.2) is 8.42 Å². The molecule has 4 aromatic rings. The van der Waals surface area contributed by atoms with Crippen LogP contribution in [0.3, 0.4) is 0 Å². The fraction of sp³-hybridized carbons (Fsp3) is 0.0370. The fourth-order valence-corrected chi connectivity index (χ4v) is 4.76. The summed E-state index contributed by atoms with van der Waals surface area (Å²) >= 11 is 6.11. The van der Waals surface area contributed by atoms with Gasteiger partial charge in [-0.05, 0) is 48.5 Å². The van der Waals surface area contributed by atoms with Crippen molar-refractivity contribution in [2.45, 2.75) is 4.90 Å². The van der Waals surface area contributed by atoms with Crippen LogP contribution >= 0.6 is 11.6 Å². The second-order valence-electron chi connectivity index (χ2n) is 7.67. The van der Waals surface area contributed by atoms with E-state index in [1.54, 1.807) is 60.7 Å². The van der Waals surface area contributed by atoms with Crippen molar-refractivity contribution in [3.05, 3.63) is 119 Å². The molecular formula is C27H21ClN2O5S. The van der Waals surface area contributed by atoms with Crippen molar-refractivity contribution >= 4 is 44.7 Å². The molecule has 0 bridgehead atoms. The van der Waals surface area contributed by atoms with Crippen molar-refractivity contribution in [3.63, 3.8) is 0 Å². The number of methoxy groups -OCH3 is 1. The second-order valence-corrected chi connectivity index (χ2v) is 9.79. The monoisotopic (exact) mass is 520 g/mol. The number of hydrogen-bond acceptors (Lipinski definition) is 5. The number of ketones is 1. The second kappa shape index (κ2) is 10.6. The summed E-state index contributed by atoms with van der Waals surface area (Å²) in [5.74, 6) is -0.532. The Morgan fingerprint density at radius 3 is 2.06 bits per heavy atom. The molecule has 1 amide bonds. The number of anilines is 2. The van der Waals surface area contributed by atoms with Gasteiger partial charge in [0.1, 0.15) is 5.75 Å². The van der Waals surface area contributed by atoms with Crippen molar-refractivity contribution in [1.82, 2.24) is 0 Å². The Bertz CT molecular complexity index is 1520.